The average molecular weight is 361 g/mol. The number of nitrogens with one attached hydrogen (secondary N) is 1. The molecule has 1 aliphatic heterocycles. The smallest absolute Gasteiger partial charge is 0.332 e. The number of hydrogen-bond acceptors (Lipinski definition) is 4. The molecule has 3 rings (SSSR count). The summed E-state index contributed by atoms with van der Waals surface area (Å²) in [5.74, 6) is 0. The van der Waals surface area contributed by atoms with Crippen molar-refractivity contribution in [1.29, 1.82) is 0 Å². The standard InChI is InChI=1S/C18H21ClN4O2/c19-16-5-1-13(2-6-16)11-14-3-4-15(12-21-22-18(20)24)17(14)23-7-9-25-10-8-23/h1-2,5-6,11-12H,3-4,7-10H2,(H3,20,22,24)/b14-11?,21-12-. The fraction of sp³-hybridized carbons (Fsp3) is 0.333. The Balaban J connectivity index is 1.90. The van der Waals surface area contributed by atoms with Crippen LogP contribution in [0.2, 0.25) is 5.02 Å². The Labute approximate surface area is 152 Å². The third-order valence-electron chi connectivity index (χ3n) is 4.21. The normalized spacial score (nSPS) is 19.9. The molecule has 3 N–H and O–H groups in total. The number of urea groups is 1. The van der Waals surface area contributed by atoms with E-state index in [1.807, 2.05) is 24.3 Å². The Morgan fingerprint density at radius 3 is 2.64 bits per heavy atom. The predicted octanol–water partition coefficient (Wildman–Crippen LogP) is 2.76. The van der Waals surface area contributed by atoms with Crippen LogP contribution in [-0.4, -0.2) is 43.4 Å². The van der Waals surface area contributed by atoms with Gasteiger partial charge in [0.1, 0.15) is 0 Å². The summed E-state index contributed by atoms with van der Waals surface area (Å²) in [7, 11) is 0. The van der Waals surface area contributed by atoms with Gasteiger partial charge in [-0.1, -0.05) is 23.7 Å². The molecule has 132 valence electrons. The number of allylic oxidation sites excluding steroid dienone is 2. The lowest BCUT2D eigenvalue weighted by molar-refractivity contribution is 0.0548. The number of rotatable bonds is 4. The largest absolute Gasteiger partial charge is 0.378 e. The molecule has 0 unspecified atom stereocenters. The molecule has 0 aromatic heterocycles. The summed E-state index contributed by atoms with van der Waals surface area (Å²) in [6, 6.07) is 7.13. The molecule has 1 aliphatic carbocycles. The molecule has 1 fully saturated rings. The molecule has 0 atom stereocenters. The zero-order valence-electron chi connectivity index (χ0n) is 13.9. The van der Waals surface area contributed by atoms with Gasteiger partial charge in [-0.05, 0) is 47.8 Å². The Kier molecular flexibility index (Phi) is 5.73. The molecule has 2 amide bonds. The van der Waals surface area contributed by atoms with E-state index in [1.165, 1.54) is 11.3 Å². The lowest BCUT2D eigenvalue weighted by Crippen LogP contribution is -2.36. The molecule has 0 spiro atoms. The maximum absolute atomic E-state index is 10.8. The molecule has 0 saturated carbocycles. The number of amides is 2. The highest BCUT2D eigenvalue weighted by Crippen LogP contribution is 2.35. The van der Waals surface area contributed by atoms with Crippen molar-refractivity contribution in [3.63, 3.8) is 0 Å². The molecule has 25 heavy (non-hydrogen) atoms. The maximum Gasteiger partial charge on any atom is 0.332 e. The van der Waals surface area contributed by atoms with Crippen molar-refractivity contribution in [3.8, 4) is 0 Å². The summed E-state index contributed by atoms with van der Waals surface area (Å²) in [6.45, 7) is 3.10. The molecular weight excluding hydrogens is 340 g/mol. The van der Waals surface area contributed by atoms with E-state index >= 15 is 0 Å². The number of nitrogens with two attached hydrogens (primary N) is 1. The summed E-state index contributed by atoms with van der Waals surface area (Å²) in [4.78, 5) is 13.1. The molecule has 2 aliphatic rings. The molecule has 1 heterocycles. The van der Waals surface area contributed by atoms with Crippen LogP contribution in [0, 0.1) is 0 Å². The summed E-state index contributed by atoms with van der Waals surface area (Å²) in [6.07, 6.45) is 5.67. The Bertz CT molecular complexity index is 719. The lowest BCUT2D eigenvalue weighted by Gasteiger charge is -2.31. The molecule has 1 aromatic carbocycles. The van der Waals surface area contributed by atoms with Gasteiger partial charge in [0.05, 0.1) is 19.4 Å². The second-order valence-electron chi connectivity index (χ2n) is 5.93. The second-order valence-corrected chi connectivity index (χ2v) is 6.37. The molecule has 1 saturated heterocycles. The quantitative estimate of drug-likeness (QED) is 0.640. The fourth-order valence-electron chi connectivity index (χ4n) is 3.11. The van der Waals surface area contributed by atoms with Gasteiger partial charge < -0.3 is 15.4 Å². The Morgan fingerprint density at radius 1 is 1.24 bits per heavy atom. The fourth-order valence-corrected chi connectivity index (χ4v) is 3.23. The van der Waals surface area contributed by atoms with Crippen LogP contribution in [0.3, 0.4) is 0 Å². The van der Waals surface area contributed by atoms with Crippen LogP contribution in [0.25, 0.3) is 6.08 Å². The van der Waals surface area contributed by atoms with E-state index in [-0.39, 0.29) is 0 Å². The molecule has 0 bridgehead atoms. The van der Waals surface area contributed by atoms with Gasteiger partial charge in [-0.25, -0.2) is 10.2 Å². The molecule has 7 heteroatoms. The van der Waals surface area contributed by atoms with E-state index in [1.54, 1.807) is 6.21 Å². The van der Waals surface area contributed by atoms with Gasteiger partial charge in [-0.15, -0.1) is 0 Å². The summed E-state index contributed by atoms with van der Waals surface area (Å²) in [5, 5.41) is 4.67. The van der Waals surface area contributed by atoms with Crippen molar-refractivity contribution in [2.24, 2.45) is 10.8 Å². The van der Waals surface area contributed by atoms with Gasteiger partial charge in [0.25, 0.3) is 0 Å². The van der Waals surface area contributed by atoms with Gasteiger partial charge in [0.15, 0.2) is 0 Å². The van der Waals surface area contributed by atoms with Gasteiger partial charge >= 0.3 is 6.03 Å². The van der Waals surface area contributed by atoms with Crippen molar-refractivity contribution in [3.05, 3.63) is 51.7 Å². The highest BCUT2D eigenvalue weighted by Gasteiger charge is 2.25. The van der Waals surface area contributed by atoms with Crippen molar-refractivity contribution in [1.82, 2.24) is 10.3 Å². The minimum absolute atomic E-state index is 0.667. The monoisotopic (exact) mass is 360 g/mol. The van der Waals surface area contributed by atoms with E-state index in [0.29, 0.717) is 13.2 Å². The van der Waals surface area contributed by atoms with Gasteiger partial charge in [-0.3, -0.25) is 0 Å². The SMILES string of the molecule is NC(=O)N/N=C\C1=C(N2CCOCC2)C(=Cc2ccc(Cl)cc2)CC1. The Morgan fingerprint density at radius 2 is 1.96 bits per heavy atom. The average Bonchev–Trinajstić information content (AvgIpc) is 3.00. The summed E-state index contributed by atoms with van der Waals surface area (Å²) in [5.41, 5.74) is 12.0. The van der Waals surface area contributed by atoms with E-state index < -0.39 is 6.03 Å². The number of halogens is 1. The number of benzene rings is 1. The Hall–Kier alpha value is -2.31. The summed E-state index contributed by atoms with van der Waals surface area (Å²) < 4.78 is 5.47. The lowest BCUT2D eigenvalue weighted by atomic mass is 10.1. The van der Waals surface area contributed by atoms with E-state index in [2.05, 4.69) is 21.5 Å². The highest BCUT2D eigenvalue weighted by molar-refractivity contribution is 6.30. The van der Waals surface area contributed by atoms with Crippen LogP contribution in [-0.2, 0) is 4.74 Å². The molecule has 1 aromatic rings. The van der Waals surface area contributed by atoms with Crippen LogP contribution < -0.4 is 11.2 Å². The zero-order chi connectivity index (χ0) is 17.6. The van der Waals surface area contributed by atoms with E-state index in [4.69, 9.17) is 22.1 Å². The third-order valence-corrected chi connectivity index (χ3v) is 4.46. The van der Waals surface area contributed by atoms with Crippen molar-refractivity contribution >= 4 is 29.9 Å². The number of ether oxygens (including phenoxy) is 1. The number of carbonyl (C=O) groups excluding carboxylic acids is 1. The van der Waals surface area contributed by atoms with Crippen molar-refractivity contribution in [2.75, 3.05) is 26.3 Å². The first kappa shape index (κ1) is 17.5. The van der Waals surface area contributed by atoms with Crippen LogP contribution >= 0.6 is 11.6 Å². The first-order valence-electron chi connectivity index (χ1n) is 8.24. The minimum Gasteiger partial charge on any atom is -0.378 e. The first-order chi connectivity index (χ1) is 12.1. The van der Waals surface area contributed by atoms with E-state index in [9.17, 15) is 4.79 Å². The van der Waals surface area contributed by atoms with Crippen molar-refractivity contribution in [2.45, 2.75) is 12.8 Å². The number of nitrogens with zero attached hydrogens (tertiary/aromatic N) is 2. The number of hydrogen-bond donors (Lipinski definition) is 2. The number of carbonyl (C=O) groups is 1. The minimum atomic E-state index is -0.667. The van der Waals surface area contributed by atoms with Gasteiger partial charge in [0, 0.05) is 23.8 Å². The molecular formula is C18H21ClN4O2. The number of primary amides is 1. The topological polar surface area (TPSA) is 80.0 Å². The third kappa shape index (κ3) is 4.61. The van der Waals surface area contributed by atoms with Crippen LogP contribution in [0.5, 0.6) is 0 Å². The molecule has 6 nitrogen and oxygen atoms in total. The maximum atomic E-state index is 10.8. The highest BCUT2D eigenvalue weighted by atomic mass is 35.5. The van der Waals surface area contributed by atoms with Crippen LogP contribution in [0.15, 0.2) is 46.2 Å². The first-order valence-corrected chi connectivity index (χ1v) is 8.62. The number of morpholine rings is 1. The van der Waals surface area contributed by atoms with Gasteiger partial charge in [-0.2, -0.15) is 5.10 Å². The predicted molar refractivity (Wildman–Crippen MR) is 99.3 cm³/mol. The summed E-state index contributed by atoms with van der Waals surface area (Å²) >= 11 is 5.97. The van der Waals surface area contributed by atoms with Crippen LogP contribution in [0.1, 0.15) is 18.4 Å². The second kappa shape index (κ2) is 8.18. The zero-order valence-corrected chi connectivity index (χ0v) is 14.6. The van der Waals surface area contributed by atoms with Gasteiger partial charge in [0.2, 0.25) is 0 Å². The number of hydrazone groups is 1. The van der Waals surface area contributed by atoms with E-state index in [0.717, 1.165) is 42.1 Å². The van der Waals surface area contributed by atoms with Crippen molar-refractivity contribution < 1.29 is 9.53 Å². The van der Waals surface area contributed by atoms with Crippen LogP contribution in [0.4, 0.5) is 4.79 Å². The molecule has 0 radical (unpaired) electrons.